The molecule has 0 radical (unpaired) electrons. The molecule has 1 rings (SSSR count). The van der Waals surface area contributed by atoms with Gasteiger partial charge in [0.2, 0.25) is 0 Å². The summed E-state index contributed by atoms with van der Waals surface area (Å²) in [4.78, 5) is 38.8. The van der Waals surface area contributed by atoms with Crippen LogP contribution in [-0.2, 0) is 14.3 Å². The summed E-state index contributed by atoms with van der Waals surface area (Å²) < 4.78 is 4.43. The van der Waals surface area contributed by atoms with E-state index < -0.39 is 24.0 Å². The summed E-state index contributed by atoms with van der Waals surface area (Å²) in [5, 5.41) is 14.2. The van der Waals surface area contributed by atoms with Gasteiger partial charge in [-0.25, -0.2) is 14.6 Å². The molecule has 0 saturated carbocycles. The van der Waals surface area contributed by atoms with E-state index >= 15 is 0 Å². The third-order valence-electron chi connectivity index (χ3n) is 2.72. The minimum Gasteiger partial charge on any atom is -0.480 e. The summed E-state index contributed by atoms with van der Waals surface area (Å²) in [6.07, 6.45) is -0.144. The van der Waals surface area contributed by atoms with Crippen molar-refractivity contribution in [3.63, 3.8) is 0 Å². The number of nitrogens with zero attached hydrogens (tertiary/aromatic N) is 1. The number of carbonyl (C=O) groups excluding carboxylic acids is 2. The lowest BCUT2D eigenvalue weighted by molar-refractivity contribution is -0.142. The molecule has 9 heteroatoms. The first kappa shape index (κ1) is 16.9. The quantitative estimate of drug-likeness (QED) is 0.681. The molecular formula is C12H17N3O5S. The highest BCUT2D eigenvalue weighted by atomic mass is 32.1. The number of amides is 2. The Morgan fingerprint density at radius 1 is 1.38 bits per heavy atom. The molecule has 0 bridgehead atoms. The highest BCUT2D eigenvalue weighted by molar-refractivity contribution is 7.15. The van der Waals surface area contributed by atoms with Crippen LogP contribution in [0.5, 0.6) is 0 Å². The molecule has 0 aliphatic heterocycles. The normalized spacial score (nSPS) is 11.6. The second kappa shape index (κ2) is 7.58. The topological polar surface area (TPSA) is 118 Å². The predicted octanol–water partition coefficient (Wildman–Crippen LogP) is 1.29. The Morgan fingerprint density at radius 3 is 2.52 bits per heavy atom. The number of aryl methyl sites for hydroxylation is 2. The monoisotopic (exact) mass is 315 g/mol. The molecule has 116 valence electrons. The number of esters is 1. The number of aromatic nitrogens is 1. The second-order valence-electron chi connectivity index (χ2n) is 4.26. The number of thiazole rings is 1. The molecule has 0 aromatic carbocycles. The van der Waals surface area contributed by atoms with Gasteiger partial charge in [-0.2, -0.15) is 0 Å². The third kappa shape index (κ3) is 5.38. The highest BCUT2D eigenvalue weighted by Gasteiger charge is 2.21. The van der Waals surface area contributed by atoms with Crippen LogP contribution >= 0.6 is 11.3 Å². The van der Waals surface area contributed by atoms with Crippen LogP contribution in [0.15, 0.2) is 0 Å². The van der Waals surface area contributed by atoms with E-state index in [9.17, 15) is 14.4 Å². The van der Waals surface area contributed by atoms with Gasteiger partial charge in [0, 0.05) is 11.3 Å². The fourth-order valence-corrected chi connectivity index (χ4v) is 2.25. The molecule has 0 aliphatic carbocycles. The smallest absolute Gasteiger partial charge is 0.326 e. The molecule has 1 aromatic rings. The molecular weight excluding hydrogens is 298 g/mol. The van der Waals surface area contributed by atoms with Crippen molar-refractivity contribution in [3.05, 3.63) is 10.6 Å². The van der Waals surface area contributed by atoms with Crippen LogP contribution in [0.3, 0.4) is 0 Å². The molecule has 0 aliphatic rings. The number of anilines is 1. The van der Waals surface area contributed by atoms with Gasteiger partial charge < -0.3 is 15.2 Å². The van der Waals surface area contributed by atoms with E-state index in [-0.39, 0.29) is 12.8 Å². The van der Waals surface area contributed by atoms with Gasteiger partial charge in [-0.05, 0) is 20.3 Å². The molecule has 0 saturated heterocycles. The lowest BCUT2D eigenvalue weighted by atomic mass is 10.1. The fourth-order valence-electron chi connectivity index (χ4n) is 1.44. The molecule has 1 aromatic heterocycles. The molecule has 3 N–H and O–H groups in total. The number of rotatable bonds is 6. The van der Waals surface area contributed by atoms with E-state index in [2.05, 4.69) is 20.4 Å². The van der Waals surface area contributed by atoms with Crippen LogP contribution in [0.2, 0.25) is 0 Å². The average Bonchev–Trinajstić information content (AvgIpc) is 2.72. The summed E-state index contributed by atoms with van der Waals surface area (Å²) in [5.74, 6) is -1.75. The number of aliphatic carboxylic acids is 1. The molecule has 1 atom stereocenters. The number of carboxylic acids is 1. The number of carboxylic acid groups (broad SMARTS) is 1. The molecule has 1 heterocycles. The van der Waals surface area contributed by atoms with Gasteiger partial charge in [0.25, 0.3) is 0 Å². The Kier molecular flexibility index (Phi) is 6.10. The van der Waals surface area contributed by atoms with Gasteiger partial charge in [0.05, 0.1) is 12.8 Å². The average molecular weight is 315 g/mol. The van der Waals surface area contributed by atoms with Crippen LogP contribution < -0.4 is 10.6 Å². The minimum atomic E-state index is -1.22. The highest BCUT2D eigenvalue weighted by Crippen LogP contribution is 2.20. The first-order chi connectivity index (χ1) is 9.83. The van der Waals surface area contributed by atoms with Crippen LogP contribution in [0.1, 0.15) is 23.4 Å². The van der Waals surface area contributed by atoms with Crippen LogP contribution in [0, 0.1) is 13.8 Å². The standard InChI is InChI=1S/C12H17N3O5S/c1-6-7(2)21-12(13-6)15-11(19)14-8(10(17)18)4-5-9(16)20-3/h8H,4-5H2,1-3H3,(H,17,18)(H2,13,14,15,19)/t8-/m0/s1. The zero-order valence-corrected chi connectivity index (χ0v) is 12.7. The van der Waals surface area contributed by atoms with Gasteiger partial charge in [-0.15, -0.1) is 11.3 Å². The number of nitrogens with one attached hydrogen (secondary N) is 2. The summed E-state index contributed by atoms with van der Waals surface area (Å²) in [5.41, 5.74) is 0.802. The number of hydrogen-bond donors (Lipinski definition) is 3. The summed E-state index contributed by atoms with van der Waals surface area (Å²) in [6, 6.07) is -1.85. The van der Waals surface area contributed by atoms with Crippen LogP contribution in [-0.4, -0.2) is 41.2 Å². The van der Waals surface area contributed by atoms with E-state index in [4.69, 9.17) is 5.11 Å². The van der Waals surface area contributed by atoms with Crippen LogP contribution in [0.4, 0.5) is 9.93 Å². The number of urea groups is 1. The Morgan fingerprint density at radius 2 is 2.05 bits per heavy atom. The lowest BCUT2D eigenvalue weighted by Crippen LogP contribution is -2.43. The van der Waals surface area contributed by atoms with Crippen molar-refractivity contribution in [1.82, 2.24) is 10.3 Å². The summed E-state index contributed by atoms with van der Waals surface area (Å²) >= 11 is 1.30. The van der Waals surface area contributed by atoms with Crippen molar-refractivity contribution >= 4 is 34.4 Å². The van der Waals surface area contributed by atoms with E-state index in [1.165, 1.54) is 18.4 Å². The van der Waals surface area contributed by atoms with Gasteiger partial charge >= 0.3 is 18.0 Å². The zero-order chi connectivity index (χ0) is 16.0. The molecule has 0 spiro atoms. The Hall–Kier alpha value is -2.16. The predicted molar refractivity (Wildman–Crippen MR) is 76.4 cm³/mol. The van der Waals surface area contributed by atoms with Crippen molar-refractivity contribution < 1.29 is 24.2 Å². The number of hydrogen-bond acceptors (Lipinski definition) is 6. The van der Waals surface area contributed by atoms with E-state index in [1.807, 2.05) is 13.8 Å². The second-order valence-corrected chi connectivity index (χ2v) is 5.47. The van der Waals surface area contributed by atoms with E-state index in [1.54, 1.807) is 0 Å². The molecule has 2 amide bonds. The van der Waals surface area contributed by atoms with Crippen molar-refractivity contribution in [3.8, 4) is 0 Å². The SMILES string of the molecule is COC(=O)CC[C@H](NC(=O)Nc1nc(C)c(C)s1)C(=O)O. The maximum Gasteiger partial charge on any atom is 0.326 e. The van der Waals surface area contributed by atoms with E-state index in [0.717, 1.165) is 10.6 Å². The van der Waals surface area contributed by atoms with Gasteiger partial charge in [-0.3, -0.25) is 10.1 Å². The minimum absolute atomic E-state index is 0.0502. The summed E-state index contributed by atoms with van der Waals surface area (Å²) in [7, 11) is 1.21. The third-order valence-corrected chi connectivity index (χ3v) is 3.71. The van der Waals surface area contributed by atoms with Crippen molar-refractivity contribution in [1.29, 1.82) is 0 Å². The number of ether oxygens (including phenoxy) is 1. The van der Waals surface area contributed by atoms with Crippen molar-refractivity contribution in [2.75, 3.05) is 12.4 Å². The molecule has 21 heavy (non-hydrogen) atoms. The first-order valence-electron chi connectivity index (χ1n) is 6.14. The lowest BCUT2D eigenvalue weighted by Gasteiger charge is -2.13. The van der Waals surface area contributed by atoms with Crippen molar-refractivity contribution in [2.45, 2.75) is 32.7 Å². The first-order valence-corrected chi connectivity index (χ1v) is 6.96. The van der Waals surface area contributed by atoms with E-state index in [0.29, 0.717) is 5.13 Å². The maximum atomic E-state index is 11.7. The van der Waals surface area contributed by atoms with Gasteiger partial charge in [0.15, 0.2) is 5.13 Å². The summed E-state index contributed by atoms with van der Waals surface area (Å²) in [6.45, 7) is 3.68. The Labute approximate surface area is 125 Å². The Bertz CT molecular complexity index is 523. The molecule has 0 unspecified atom stereocenters. The largest absolute Gasteiger partial charge is 0.480 e. The Balaban J connectivity index is 2.56. The van der Waals surface area contributed by atoms with Crippen LogP contribution in [0.25, 0.3) is 0 Å². The maximum absolute atomic E-state index is 11.7. The zero-order valence-electron chi connectivity index (χ0n) is 11.9. The molecule has 8 nitrogen and oxygen atoms in total. The van der Waals surface area contributed by atoms with Crippen molar-refractivity contribution in [2.24, 2.45) is 0 Å². The molecule has 0 fully saturated rings. The number of methoxy groups -OCH3 is 1. The number of carbonyl (C=O) groups is 3. The van der Waals surface area contributed by atoms with Gasteiger partial charge in [-0.1, -0.05) is 0 Å². The fraction of sp³-hybridized carbons (Fsp3) is 0.500. The van der Waals surface area contributed by atoms with Gasteiger partial charge in [0.1, 0.15) is 6.04 Å².